The van der Waals surface area contributed by atoms with E-state index in [9.17, 15) is 18.0 Å². The second kappa shape index (κ2) is 6.62. The summed E-state index contributed by atoms with van der Waals surface area (Å²) in [5.41, 5.74) is 0.364. The van der Waals surface area contributed by atoms with Crippen LogP contribution >= 0.6 is 0 Å². The topological polar surface area (TPSA) is 59.8 Å². The SMILES string of the molecule is O=C(N[C@@H]1CCC[C@H](C(F)(F)F)C1)c1ccnc(-n2ccnc2)c1. The highest BCUT2D eigenvalue weighted by Gasteiger charge is 2.42. The van der Waals surface area contributed by atoms with Crippen molar-refractivity contribution in [3.05, 3.63) is 42.6 Å². The molecule has 128 valence electrons. The number of carbonyl (C=O) groups is 1. The number of imidazole rings is 1. The van der Waals surface area contributed by atoms with Crippen molar-refractivity contribution in [3.8, 4) is 5.82 Å². The first-order chi connectivity index (χ1) is 11.4. The summed E-state index contributed by atoms with van der Waals surface area (Å²) in [6.07, 6.45) is 3.23. The summed E-state index contributed by atoms with van der Waals surface area (Å²) in [5.74, 6) is -1.20. The first-order valence-corrected chi connectivity index (χ1v) is 7.75. The maximum absolute atomic E-state index is 12.9. The summed E-state index contributed by atoms with van der Waals surface area (Å²) in [6, 6.07) is 2.67. The highest BCUT2D eigenvalue weighted by molar-refractivity contribution is 5.94. The Balaban J connectivity index is 1.68. The van der Waals surface area contributed by atoms with Gasteiger partial charge in [0.2, 0.25) is 0 Å². The van der Waals surface area contributed by atoms with Crippen LogP contribution in [0.3, 0.4) is 0 Å². The van der Waals surface area contributed by atoms with Crippen LogP contribution in [0.2, 0.25) is 0 Å². The number of amides is 1. The van der Waals surface area contributed by atoms with Crippen LogP contribution in [0, 0.1) is 5.92 Å². The van der Waals surface area contributed by atoms with Crippen LogP contribution in [0.4, 0.5) is 13.2 Å². The van der Waals surface area contributed by atoms with Crippen LogP contribution in [-0.4, -0.2) is 32.7 Å². The molecular formula is C16H17F3N4O. The molecule has 0 bridgehead atoms. The van der Waals surface area contributed by atoms with Crippen molar-refractivity contribution < 1.29 is 18.0 Å². The number of halogens is 3. The van der Waals surface area contributed by atoms with E-state index < -0.39 is 18.1 Å². The minimum atomic E-state index is -4.20. The molecule has 1 aliphatic rings. The Bertz CT molecular complexity index is 700. The highest BCUT2D eigenvalue weighted by Crippen LogP contribution is 2.37. The fourth-order valence-electron chi connectivity index (χ4n) is 2.98. The number of hydrogen-bond donors (Lipinski definition) is 1. The molecule has 0 saturated heterocycles. The van der Waals surface area contributed by atoms with E-state index in [1.807, 2.05) is 0 Å². The second-order valence-electron chi connectivity index (χ2n) is 5.95. The number of nitrogens with zero attached hydrogens (tertiary/aromatic N) is 3. The number of nitrogens with one attached hydrogen (secondary N) is 1. The molecule has 0 aromatic carbocycles. The molecule has 0 spiro atoms. The molecule has 5 nitrogen and oxygen atoms in total. The average Bonchev–Trinajstić information content (AvgIpc) is 3.09. The Morgan fingerprint density at radius 2 is 2.12 bits per heavy atom. The summed E-state index contributed by atoms with van der Waals surface area (Å²) in [4.78, 5) is 20.4. The first kappa shape index (κ1) is 16.5. The lowest BCUT2D eigenvalue weighted by atomic mass is 9.85. The monoisotopic (exact) mass is 338 g/mol. The zero-order valence-electron chi connectivity index (χ0n) is 12.8. The normalized spacial score (nSPS) is 21.5. The molecule has 24 heavy (non-hydrogen) atoms. The van der Waals surface area contributed by atoms with E-state index >= 15 is 0 Å². The maximum Gasteiger partial charge on any atom is 0.391 e. The van der Waals surface area contributed by atoms with Gasteiger partial charge in [0, 0.05) is 30.2 Å². The maximum atomic E-state index is 12.9. The van der Waals surface area contributed by atoms with Gasteiger partial charge in [-0.2, -0.15) is 13.2 Å². The van der Waals surface area contributed by atoms with Gasteiger partial charge in [-0.1, -0.05) is 6.42 Å². The van der Waals surface area contributed by atoms with Crippen molar-refractivity contribution in [2.45, 2.75) is 37.9 Å². The molecule has 1 fully saturated rings. The lowest BCUT2D eigenvalue weighted by Crippen LogP contribution is -2.41. The van der Waals surface area contributed by atoms with E-state index in [0.29, 0.717) is 24.2 Å². The van der Waals surface area contributed by atoms with Gasteiger partial charge in [-0.3, -0.25) is 9.36 Å². The molecule has 1 N–H and O–H groups in total. The van der Waals surface area contributed by atoms with Gasteiger partial charge in [0.15, 0.2) is 0 Å². The van der Waals surface area contributed by atoms with E-state index in [1.165, 1.54) is 6.20 Å². The summed E-state index contributed by atoms with van der Waals surface area (Å²) in [5, 5.41) is 2.72. The van der Waals surface area contributed by atoms with Gasteiger partial charge in [-0.15, -0.1) is 0 Å². The third kappa shape index (κ3) is 3.74. The molecule has 0 aliphatic heterocycles. The van der Waals surface area contributed by atoms with E-state index in [0.717, 1.165) is 0 Å². The molecule has 2 aromatic heterocycles. The third-order valence-electron chi connectivity index (χ3n) is 4.25. The lowest BCUT2D eigenvalue weighted by Gasteiger charge is -2.31. The molecule has 3 rings (SSSR count). The molecule has 2 aromatic rings. The number of carbonyl (C=O) groups excluding carboxylic acids is 1. The number of alkyl halides is 3. The Hall–Kier alpha value is -2.38. The Morgan fingerprint density at radius 3 is 2.83 bits per heavy atom. The molecule has 1 saturated carbocycles. The van der Waals surface area contributed by atoms with Crippen LogP contribution in [0.1, 0.15) is 36.0 Å². The van der Waals surface area contributed by atoms with Gasteiger partial charge in [0.1, 0.15) is 12.1 Å². The van der Waals surface area contributed by atoms with Crippen molar-refractivity contribution in [3.63, 3.8) is 0 Å². The smallest absolute Gasteiger partial charge is 0.349 e. The quantitative estimate of drug-likeness (QED) is 0.935. The minimum Gasteiger partial charge on any atom is -0.349 e. The summed E-state index contributed by atoms with van der Waals surface area (Å²) in [6.45, 7) is 0. The third-order valence-corrected chi connectivity index (χ3v) is 4.25. The van der Waals surface area contributed by atoms with E-state index in [1.54, 1.807) is 35.4 Å². The fraction of sp³-hybridized carbons (Fsp3) is 0.438. The number of aromatic nitrogens is 3. The van der Waals surface area contributed by atoms with Gasteiger partial charge in [-0.05, 0) is 31.4 Å². The van der Waals surface area contributed by atoms with E-state index in [2.05, 4.69) is 15.3 Å². The van der Waals surface area contributed by atoms with Crippen molar-refractivity contribution in [2.75, 3.05) is 0 Å². The van der Waals surface area contributed by atoms with Crippen LogP contribution in [0.5, 0.6) is 0 Å². The molecule has 2 atom stereocenters. The van der Waals surface area contributed by atoms with Gasteiger partial charge in [0.05, 0.1) is 5.92 Å². The first-order valence-electron chi connectivity index (χ1n) is 7.75. The van der Waals surface area contributed by atoms with Gasteiger partial charge in [0.25, 0.3) is 5.91 Å². The molecule has 2 heterocycles. The van der Waals surface area contributed by atoms with E-state index in [4.69, 9.17) is 0 Å². The van der Waals surface area contributed by atoms with Gasteiger partial charge >= 0.3 is 6.18 Å². The Labute approximate surface area is 136 Å². The number of hydrogen-bond acceptors (Lipinski definition) is 3. The zero-order valence-corrected chi connectivity index (χ0v) is 12.8. The largest absolute Gasteiger partial charge is 0.391 e. The Kier molecular flexibility index (Phi) is 4.55. The van der Waals surface area contributed by atoms with Crippen LogP contribution in [-0.2, 0) is 0 Å². The second-order valence-corrected chi connectivity index (χ2v) is 5.95. The molecule has 1 aliphatic carbocycles. The van der Waals surface area contributed by atoms with Crippen LogP contribution in [0.15, 0.2) is 37.1 Å². The molecule has 0 unspecified atom stereocenters. The van der Waals surface area contributed by atoms with Crippen LogP contribution in [0.25, 0.3) is 5.82 Å². The number of rotatable bonds is 3. The lowest BCUT2D eigenvalue weighted by molar-refractivity contribution is -0.183. The summed E-state index contributed by atoms with van der Waals surface area (Å²) in [7, 11) is 0. The van der Waals surface area contributed by atoms with Crippen molar-refractivity contribution in [2.24, 2.45) is 5.92 Å². The van der Waals surface area contributed by atoms with Gasteiger partial charge in [-0.25, -0.2) is 9.97 Å². The molecule has 1 amide bonds. The van der Waals surface area contributed by atoms with Crippen LogP contribution < -0.4 is 5.32 Å². The summed E-state index contributed by atoms with van der Waals surface area (Å²) >= 11 is 0. The average molecular weight is 338 g/mol. The Morgan fingerprint density at radius 1 is 1.29 bits per heavy atom. The predicted octanol–water partition coefficient (Wildman–Crippen LogP) is 3.12. The van der Waals surface area contributed by atoms with Gasteiger partial charge < -0.3 is 5.32 Å². The fourth-order valence-corrected chi connectivity index (χ4v) is 2.98. The minimum absolute atomic E-state index is 0.0608. The van der Waals surface area contributed by atoms with Crippen molar-refractivity contribution in [1.82, 2.24) is 19.9 Å². The number of pyridine rings is 1. The van der Waals surface area contributed by atoms with E-state index in [-0.39, 0.29) is 18.7 Å². The predicted molar refractivity (Wildman–Crippen MR) is 80.6 cm³/mol. The molecule has 8 heteroatoms. The summed E-state index contributed by atoms with van der Waals surface area (Å²) < 4.78 is 40.2. The standard InChI is InChI=1S/C16H17F3N4O/c17-16(18,19)12-2-1-3-13(9-12)22-15(24)11-4-5-21-14(8-11)23-7-6-20-10-23/h4-8,10,12-13H,1-3,9H2,(H,22,24)/t12-,13+/m0/s1. The highest BCUT2D eigenvalue weighted by atomic mass is 19.4. The molecular weight excluding hydrogens is 321 g/mol. The van der Waals surface area contributed by atoms with Crippen molar-refractivity contribution in [1.29, 1.82) is 0 Å². The molecule has 0 radical (unpaired) electrons. The zero-order chi connectivity index (χ0) is 17.2. The van der Waals surface area contributed by atoms with Crippen molar-refractivity contribution >= 4 is 5.91 Å².